The number of likely N-dealkylation sites (N-methyl/N-ethyl adjacent to an activating group) is 1. The average Bonchev–Trinajstić information content (AvgIpc) is 3.34. The monoisotopic (exact) mass is 495 g/mol. The Kier molecular flexibility index (Phi) is 9.51. The van der Waals surface area contributed by atoms with Crippen LogP contribution in [0, 0.1) is 5.92 Å². The fraction of sp³-hybridized carbons (Fsp3) is 0.517. The molecule has 2 N–H and O–H groups in total. The number of amides is 1. The number of hydrogen-bond acceptors (Lipinski definition) is 5. The minimum absolute atomic E-state index is 0.00179. The molecule has 1 saturated carbocycles. The number of carbonyl (C=O) groups is 1. The predicted octanol–water partition coefficient (Wildman–Crippen LogP) is 3.99. The van der Waals surface area contributed by atoms with Gasteiger partial charge in [0.25, 0.3) is 0 Å². The molecule has 3 atom stereocenters. The number of quaternary nitrogens is 1. The van der Waals surface area contributed by atoms with Crippen molar-refractivity contribution in [1.29, 1.82) is 0 Å². The highest BCUT2D eigenvalue weighted by Crippen LogP contribution is 2.26. The highest BCUT2D eigenvalue weighted by atomic mass is 16.6. The second-order valence-corrected chi connectivity index (χ2v) is 11.1. The quantitative estimate of drug-likeness (QED) is 0.226. The largest absolute Gasteiger partial charge is 0.858 e. The summed E-state index contributed by atoms with van der Waals surface area (Å²) in [6.07, 6.45) is 2.71. The van der Waals surface area contributed by atoms with Gasteiger partial charge in [-0.25, -0.2) is 4.79 Å². The van der Waals surface area contributed by atoms with Gasteiger partial charge in [-0.1, -0.05) is 73.5 Å². The molecule has 0 aromatic heterocycles. The van der Waals surface area contributed by atoms with E-state index >= 15 is 0 Å². The van der Waals surface area contributed by atoms with Crippen LogP contribution in [-0.4, -0.2) is 53.0 Å². The average molecular weight is 496 g/mol. The Morgan fingerprint density at radius 3 is 2.19 bits per heavy atom. The van der Waals surface area contributed by atoms with Crippen molar-refractivity contribution in [2.45, 2.75) is 77.2 Å². The summed E-state index contributed by atoms with van der Waals surface area (Å²) in [6.45, 7) is 6.03. The van der Waals surface area contributed by atoms with Crippen molar-refractivity contribution in [3.63, 3.8) is 0 Å². The zero-order valence-electron chi connectivity index (χ0n) is 22.0. The summed E-state index contributed by atoms with van der Waals surface area (Å²) in [6, 6.07) is 18.9. The molecule has 0 saturated heterocycles. The van der Waals surface area contributed by atoms with Gasteiger partial charge in [0.05, 0.1) is 13.1 Å². The molecule has 1 unspecified atom stereocenters. The van der Waals surface area contributed by atoms with Crippen LogP contribution in [0.25, 0.3) is 0 Å². The van der Waals surface area contributed by atoms with E-state index in [1.165, 1.54) is 0 Å². The van der Waals surface area contributed by atoms with E-state index in [-0.39, 0.29) is 23.0 Å². The van der Waals surface area contributed by atoms with Gasteiger partial charge in [0.2, 0.25) is 0 Å². The molecule has 7 nitrogen and oxygen atoms in total. The van der Waals surface area contributed by atoms with Gasteiger partial charge in [-0.3, -0.25) is 0 Å². The lowest BCUT2D eigenvalue weighted by molar-refractivity contribution is -0.933. The summed E-state index contributed by atoms with van der Waals surface area (Å²) in [7, 11) is 1.87. The Bertz CT molecular complexity index is 985. The molecule has 2 aromatic carbocycles. The van der Waals surface area contributed by atoms with E-state index in [2.05, 4.69) is 10.4 Å². The second kappa shape index (κ2) is 12.4. The van der Waals surface area contributed by atoms with Crippen molar-refractivity contribution in [3.8, 4) is 0 Å². The first kappa shape index (κ1) is 27.7. The van der Waals surface area contributed by atoms with E-state index in [9.17, 15) is 15.0 Å². The number of benzene rings is 2. The van der Waals surface area contributed by atoms with Crippen molar-refractivity contribution < 1.29 is 24.3 Å². The second-order valence-electron chi connectivity index (χ2n) is 11.1. The lowest BCUT2D eigenvalue weighted by Gasteiger charge is -2.35. The smallest absolute Gasteiger partial charge is 0.407 e. The molecule has 1 amide bonds. The van der Waals surface area contributed by atoms with E-state index in [0.29, 0.717) is 13.0 Å². The first-order chi connectivity index (χ1) is 17.0. The molecule has 0 spiro atoms. The van der Waals surface area contributed by atoms with E-state index in [1.807, 2.05) is 67.7 Å². The Balaban J connectivity index is 1.85. The lowest BCUT2D eigenvalue weighted by atomic mass is 10.0. The first-order valence-electron chi connectivity index (χ1n) is 12.9. The maximum absolute atomic E-state index is 13.1. The Hall–Kier alpha value is -2.90. The number of aliphatic hydroxyl groups excluding tert-OH is 1. The van der Waals surface area contributed by atoms with Crippen LogP contribution in [0.2, 0.25) is 0 Å². The van der Waals surface area contributed by atoms with E-state index in [0.717, 1.165) is 36.8 Å². The van der Waals surface area contributed by atoms with Crippen molar-refractivity contribution in [3.05, 3.63) is 71.8 Å². The molecule has 36 heavy (non-hydrogen) atoms. The maximum atomic E-state index is 13.1. The number of aliphatic hydroxyl groups is 1. The third kappa shape index (κ3) is 8.95. The SMILES string of the molecule is CC(C)(C)OC(=O)N[C@@H](Cc1ccccc1)[C@@H](O)C[N+](C)(Cc1ccccc1)/N=C(\[O-])C1CCCC1. The molecule has 1 fully saturated rings. The van der Waals surface area contributed by atoms with Gasteiger partial charge in [-0.2, -0.15) is 4.59 Å². The predicted molar refractivity (Wildman–Crippen MR) is 140 cm³/mol. The number of hydrogen-bond donors (Lipinski definition) is 2. The Morgan fingerprint density at radius 2 is 1.64 bits per heavy atom. The molecular weight excluding hydrogens is 454 g/mol. The van der Waals surface area contributed by atoms with Crippen LogP contribution in [0.3, 0.4) is 0 Å². The van der Waals surface area contributed by atoms with Crippen LogP contribution in [0.15, 0.2) is 65.8 Å². The van der Waals surface area contributed by atoms with Crippen molar-refractivity contribution in [2.24, 2.45) is 11.0 Å². The number of nitrogens with one attached hydrogen (secondary N) is 1. The van der Waals surface area contributed by atoms with E-state index in [4.69, 9.17) is 4.74 Å². The van der Waals surface area contributed by atoms with Crippen LogP contribution in [-0.2, 0) is 17.7 Å². The van der Waals surface area contributed by atoms with Crippen molar-refractivity contribution in [1.82, 2.24) is 5.32 Å². The molecule has 3 rings (SSSR count). The fourth-order valence-corrected chi connectivity index (χ4v) is 4.75. The topological polar surface area (TPSA) is 94.0 Å². The number of nitrogens with zero attached hydrogens (tertiary/aromatic N) is 2. The molecule has 0 bridgehead atoms. The normalized spacial score (nSPS) is 18.3. The highest BCUT2D eigenvalue weighted by Gasteiger charge is 2.34. The van der Waals surface area contributed by atoms with Gasteiger partial charge < -0.3 is 20.3 Å². The van der Waals surface area contributed by atoms with Gasteiger partial charge in [0.1, 0.15) is 24.8 Å². The minimum atomic E-state index is -0.966. The molecule has 2 aromatic rings. The third-order valence-electron chi connectivity index (χ3n) is 6.46. The van der Waals surface area contributed by atoms with Gasteiger partial charge in [0, 0.05) is 11.5 Å². The molecule has 7 heteroatoms. The summed E-state index contributed by atoms with van der Waals surface area (Å²) in [5, 5.41) is 32.0. The van der Waals surface area contributed by atoms with Gasteiger partial charge in [-0.05, 0) is 51.5 Å². The number of alkyl carbamates (subject to hydrolysis) is 1. The zero-order chi connectivity index (χ0) is 26.2. The van der Waals surface area contributed by atoms with Crippen LogP contribution in [0.4, 0.5) is 4.79 Å². The fourth-order valence-electron chi connectivity index (χ4n) is 4.75. The van der Waals surface area contributed by atoms with E-state index in [1.54, 1.807) is 20.8 Å². The standard InChI is InChI=1S/C29H41N3O4/c1-29(2,3)36-28(35)30-25(19-22-13-7-5-8-14-22)26(33)21-32(4,20-23-15-9-6-10-16-23)31-27(34)24-17-11-12-18-24/h5-10,13-16,24-26,33H,11-12,17-21H2,1-4H3,(H-,30,31,34,35)/t25-,26-,32?/m0/s1. The Morgan fingerprint density at radius 1 is 1.08 bits per heavy atom. The van der Waals surface area contributed by atoms with Crippen LogP contribution >= 0.6 is 0 Å². The number of rotatable bonds is 10. The summed E-state index contributed by atoms with van der Waals surface area (Å²) in [5.41, 5.74) is 1.34. The maximum Gasteiger partial charge on any atom is 0.407 e. The molecule has 1 aliphatic rings. The van der Waals surface area contributed by atoms with Crippen LogP contribution in [0.1, 0.15) is 57.6 Å². The number of ether oxygens (including phenoxy) is 1. The summed E-state index contributed by atoms with van der Waals surface area (Å²) >= 11 is 0. The van der Waals surface area contributed by atoms with Gasteiger partial charge >= 0.3 is 6.09 Å². The molecule has 1 aliphatic carbocycles. The van der Waals surface area contributed by atoms with Gasteiger partial charge in [-0.15, -0.1) is 5.10 Å². The molecule has 0 radical (unpaired) electrons. The molecular formula is C29H41N3O4. The summed E-state index contributed by atoms with van der Waals surface area (Å²) in [5.74, 6) is -0.145. The van der Waals surface area contributed by atoms with Crippen LogP contribution in [0.5, 0.6) is 0 Å². The van der Waals surface area contributed by atoms with Gasteiger partial charge in [0.15, 0.2) is 0 Å². The molecule has 196 valence electrons. The molecule has 0 heterocycles. The summed E-state index contributed by atoms with van der Waals surface area (Å²) < 4.78 is 5.47. The number of carbonyl (C=O) groups excluding carboxylic acids is 1. The van der Waals surface area contributed by atoms with Crippen LogP contribution < -0.4 is 10.4 Å². The van der Waals surface area contributed by atoms with E-state index < -0.39 is 23.8 Å². The summed E-state index contributed by atoms with van der Waals surface area (Å²) in [4.78, 5) is 12.6. The highest BCUT2D eigenvalue weighted by molar-refractivity contribution is 5.73. The lowest BCUT2D eigenvalue weighted by Crippen LogP contribution is -2.54. The van der Waals surface area contributed by atoms with Crippen molar-refractivity contribution in [2.75, 3.05) is 13.6 Å². The minimum Gasteiger partial charge on any atom is -0.858 e. The molecule has 0 aliphatic heterocycles. The first-order valence-corrected chi connectivity index (χ1v) is 12.9. The zero-order valence-corrected chi connectivity index (χ0v) is 22.0. The Labute approximate surface area is 215 Å². The van der Waals surface area contributed by atoms with Crippen molar-refractivity contribution >= 4 is 12.0 Å². The third-order valence-corrected chi connectivity index (χ3v) is 6.46.